The van der Waals surface area contributed by atoms with E-state index in [0.717, 1.165) is 13.2 Å². The van der Waals surface area contributed by atoms with Gasteiger partial charge in [-0.15, -0.1) is 0 Å². The van der Waals surface area contributed by atoms with E-state index in [1.165, 1.54) is 12.3 Å². The van der Waals surface area contributed by atoms with Crippen molar-refractivity contribution < 1.29 is 22.7 Å². The second-order valence-corrected chi connectivity index (χ2v) is 3.56. The van der Waals surface area contributed by atoms with Crippen LogP contribution < -0.4 is 0 Å². The van der Waals surface area contributed by atoms with Crippen molar-refractivity contribution >= 4 is 12.2 Å². The highest BCUT2D eigenvalue weighted by Crippen LogP contribution is 2.34. The zero-order valence-corrected chi connectivity index (χ0v) is 8.84. The van der Waals surface area contributed by atoms with Crippen LogP contribution in [0.15, 0.2) is 17.1 Å². The molecule has 6 heteroatoms. The Labute approximate surface area is 94.9 Å². The lowest BCUT2D eigenvalue weighted by atomic mass is 9.99. The molecule has 3 nitrogen and oxygen atoms in total. The van der Waals surface area contributed by atoms with Crippen molar-refractivity contribution in [3.05, 3.63) is 34.4 Å². The summed E-state index contributed by atoms with van der Waals surface area (Å²) < 4.78 is 42.6. The monoisotopic (exact) mass is 243 g/mol. The minimum absolute atomic E-state index is 0.289. The number of aliphatic imine (C=N–C) groups is 1. The molecule has 17 heavy (non-hydrogen) atoms. The van der Waals surface area contributed by atoms with E-state index in [9.17, 15) is 18.0 Å². The summed E-state index contributed by atoms with van der Waals surface area (Å²) in [7, 11) is 1.05. The zero-order valence-electron chi connectivity index (χ0n) is 8.84. The van der Waals surface area contributed by atoms with Gasteiger partial charge in [-0.05, 0) is 23.3 Å². The number of halogens is 3. The van der Waals surface area contributed by atoms with Crippen LogP contribution in [0, 0.1) is 0 Å². The van der Waals surface area contributed by atoms with E-state index in [1.54, 1.807) is 0 Å². The maximum absolute atomic E-state index is 12.8. The molecule has 0 aliphatic carbocycles. The number of carbonyl (C=O) groups excluding carboxylic acids is 1. The van der Waals surface area contributed by atoms with E-state index in [1.807, 2.05) is 0 Å². The van der Waals surface area contributed by atoms with Gasteiger partial charge in [0.2, 0.25) is 0 Å². The largest absolute Gasteiger partial charge is 0.465 e. The maximum Gasteiger partial charge on any atom is 0.417 e. The summed E-state index contributed by atoms with van der Waals surface area (Å²) in [6.45, 7) is 0.289. The lowest BCUT2D eigenvalue weighted by Gasteiger charge is -2.13. The van der Waals surface area contributed by atoms with Crippen molar-refractivity contribution in [2.24, 2.45) is 4.99 Å². The molecule has 2 rings (SSSR count). The normalized spacial score (nSPS) is 13.6. The highest BCUT2D eigenvalue weighted by atomic mass is 19.4. The molecule has 1 aromatic carbocycles. The number of carbonyl (C=O) groups is 1. The van der Waals surface area contributed by atoms with E-state index in [-0.39, 0.29) is 6.54 Å². The van der Waals surface area contributed by atoms with Gasteiger partial charge in [0.15, 0.2) is 0 Å². The van der Waals surface area contributed by atoms with Gasteiger partial charge in [0.1, 0.15) is 0 Å². The Balaban J connectivity index is 2.62. The topological polar surface area (TPSA) is 38.7 Å². The molecule has 0 amide bonds. The van der Waals surface area contributed by atoms with Crippen LogP contribution >= 0.6 is 0 Å². The zero-order chi connectivity index (χ0) is 12.6. The number of hydrogen-bond donors (Lipinski definition) is 0. The minimum Gasteiger partial charge on any atom is -0.465 e. The molecule has 1 aromatic rings. The van der Waals surface area contributed by atoms with Crippen molar-refractivity contribution in [3.63, 3.8) is 0 Å². The van der Waals surface area contributed by atoms with Crippen LogP contribution in [0.3, 0.4) is 0 Å². The predicted octanol–water partition coefficient (Wildman–Crippen LogP) is 2.42. The Morgan fingerprint density at radius 3 is 2.71 bits per heavy atom. The van der Waals surface area contributed by atoms with Crippen LogP contribution in [0.1, 0.15) is 27.0 Å². The van der Waals surface area contributed by atoms with E-state index < -0.39 is 23.3 Å². The molecule has 1 aliphatic rings. The Morgan fingerprint density at radius 1 is 1.41 bits per heavy atom. The van der Waals surface area contributed by atoms with E-state index in [4.69, 9.17) is 0 Å². The van der Waals surface area contributed by atoms with Crippen molar-refractivity contribution in [2.45, 2.75) is 12.7 Å². The molecule has 0 spiro atoms. The fourth-order valence-corrected chi connectivity index (χ4v) is 1.67. The molecule has 0 saturated heterocycles. The van der Waals surface area contributed by atoms with Crippen molar-refractivity contribution in [1.82, 2.24) is 0 Å². The summed E-state index contributed by atoms with van der Waals surface area (Å²) in [4.78, 5) is 15.2. The van der Waals surface area contributed by atoms with Gasteiger partial charge in [0.25, 0.3) is 0 Å². The van der Waals surface area contributed by atoms with Gasteiger partial charge in [-0.2, -0.15) is 13.2 Å². The standard InChI is InChI=1S/C11H8F3NO2/c1-17-10(16)8-2-6-4-15-5-7(6)3-9(8)11(12,13)14/h2-3,5H,4H2,1H3. The maximum atomic E-state index is 12.8. The van der Waals surface area contributed by atoms with Crippen LogP contribution in [0.5, 0.6) is 0 Å². The molecule has 0 aromatic heterocycles. The molecular weight excluding hydrogens is 235 g/mol. The number of methoxy groups -OCH3 is 1. The number of benzene rings is 1. The highest BCUT2D eigenvalue weighted by Gasteiger charge is 2.36. The molecule has 90 valence electrons. The van der Waals surface area contributed by atoms with Gasteiger partial charge < -0.3 is 4.74 Å². The van der Waals surface area contributed by atoms with Gasteiger partial charge in [0, 0.05) is 6.21 Å². The van der Waals surface area contributed by atoms with E-state index >= 15 is 0 Å². The third-order valence-electron chi connectivity index (χ3n) is 2.48. The quantitative estimate of drug-likeness (QED) is 0.710. The fraction of sp³-hybridized carbons (Fsp3) is 0.273. The van der Waals surface area contributed by atoms with Crippen LogP contribution in [0.25, 0.3) is 0 Å². The first-order valence-corrected chi connectivity index (χ1v) is 4.75. The summed E-state index contributed by atoms with van der Waals surface area (Å²) in [6.07, 6.45) is -3.22. The van der Waals surface area contributed by atoms with Gasteiger partial charge in [-0.3, -0.25) is 4.99 Å². The first-order chi connectivity index (χ1) is 7.93. The number of alkyl halides is 3. The smallest absolute Gasteiger partial charge is 0.417 e. The Morgan fingerprint density at radius 2 is 2.12 bits per heavy atom. The summed E-state index contributed by atoms with van der Waals surface area (Å²) in [5.41, 5.74) is -0.468. The Bertz CT molecular complexity index is 506. The van der Waals surface area contributed by atoms with Gasteiger partial charge >= 0.3 is 12.1 Å². The highest BCUT2D eigenvalue weighted by molar-refractivity contribution is 5.94. The Hall–Kier alpha value is -1.85. The predicted molar refractivity (Wildman–Crippen MR) is 54.1 cm³/mol. The van der Waals surface area contributed by atoms with Crippen molar-refractivity contribution in [2.75, 3.05) is 7.11 Å². The Kier molecular flexibility index (Phi) is 2.65. The third kappa shape index (κ3) is 2.02. The van der Waals surface area contributed by atoms with Crippen LogP contribution in [-0.4, -0.2) is 19.3 Å². The third-order valence-corrected chi connectivity index (χ3v) is 2.48. The second kappa shape index (κ2) is 3.87. The second-order valence-electron chi connectivity index (χ2n) is 3.56. The molecule has 0 atom stereocenters. The fourth-order valence-electron chi connectivity index (χ4n) is 1.67. The number of rotatable bonds is 1. The number of ether oxygens (including phenoxy) is 1. The lowest BCUT2D eigenvalue weighted by molar-refractivity contribution is -0.138. The first kappa shape index (κ1) is 11.6. The summed E-state index contributed by atoms with van der Waals surface area (Å²) in [5.74, 6) is -0.993. The first-order valence-electron chi connectivity index (χ1n) is 4.75. The van der Waals surface area contributed by atoms with Crippen LogP contribution in [0.2, 0.25) is 0 Å². The average molecular weight is 243 g/mol. The lowest BCUT2D eigenvalue weighted by Crippen LogP contribution is -2.15. The molecule has 0 bridgehead atoms. The van der Waals surface area contributed by atoms with E-state index in [2.05, 4.69) is 9.73 Å². The molecular formula is C11H8F3NO2. The number of hydrogen-bond acceptors (Lipinski definition) is 3. The van der Waals surface area contributed by atoms with Gasteiger partial charge in [-0.25, -0.2) is 4.79 Å². The summed E-state index contributed by atoms with van der Waals surface area (Å²) >= 11 is 0. The molecule has 0 N–H and O–H groups in total. The average Bonchev–Trinajstić information content (AvgIpc) is 2.72. The van der Waals surface area contributed by atoms with Gasteiger partial charge in [-0.1, -0.05) is 0 Å². The molecule has 0 fully saturated rings. The molecule has 0 radical (unpaired) electrons. The summed E-state index contributed by atoms with van der Waals surface area (Å²) in [5, 5.41) is 0. The van der Waals surface area contributed by atoms with Crippen LogP contribution in [0.4, 0.5) is 13.2 Å². The van der Waals surface area contributed by atoms with Gasteiger partial charge in [0.05, 0.1) is 24.8 Å². The van der Waals surface area contributed by atoms with Crippen LogP contribution in [-0.2, 0) is 17.5 Å². The summed E-state index contributed by atoms with van der Waals surface area (Å²) in [6, 6.07) is 2.12. The van der Waals surface area contributed by atoms with Crippen molar-refractivity contribution in [3.8, 4) is 0 Å². The van der Waals surface area contributed by atoms with Crippen molar-refractivity contribution in [1.29, 1.82) is 0 Å². The minimum atomic E-state index is -4.59. The molecule has 0 saturated carbocycles. The number of esters is 1. The molecule has 0 unspecified atom stereocenters. The number of fused-ring (bicyclic) bond motifs is 1. The van der Waals surface area contributed by atoms with E-state index in [0.29, 0.717) is 11.1 Å². The SMILES string of the molecule is COC(=O)c1cc2c(cc1C(F)(F)F)C=NC2. The molecule has 1 aliphatic heterocycles. The molecule has 1 heterocycles. The number of nitrogens with zero attached hydrogens (tertiary/aromatic N) is 1.